The highest BCUT2D eigenvalue weighted by Gasteiger charge is 2.25. The fourth-order valence-corrected chi connectivity index (χ4v) is 4.27. The van der Waals surface area contributed by atoms with Crippen LogP contribution in [0.4, 0.5) is 11.4 Å². The Labute approximate surface area is 169 Å². The zero-order valence-corrected chi connectivity index (χ0v) is 17.4. The SMILES string of the molecule is CCOC(=O)CN1CCC(OCC2CCN(c3ccc(N)cc3C)CC2)CC1. The van der Waals surface area contributed by atoms with Gasteiger partial charge in [-0.25, -0.2) is 0 Å². The summed E-state index contributed by atoms with van der Waals surface area (Å²) in [7, 11) is 0. The van der Waals surface area contributed by atoms with Crippen LogP contribution in [0.1, 0.15) is 38.2 Å². The number of hydrogen-bond acceptors (Lipinski definition) is 6. The average Bonchev–Trinajstić information content (AvgIpc) is 2.68. The van der Waals surface area contributed by atoms with E-state index in [2.05, 4.69) is 28.9 Å². The highest BCUT2D eigenvalue weighted by Crippen LogP contribution is 2.28. The number of carbonyl (C=O) groups is 1. The molecule has 0 aromatic heterocycles. The lowest BCUT2D eigenvalue weighted by molar-refractivity contribution is -0.145. The molecule has 1 aromatic rings. The van der Waals surface area contributed by atoms with Crippen LogP contribution in [-0.4, -0.2) is 62.9 Å². The predicted molar refractivity (Wildman–Crippen MR) is 113 cm³/mol. The van der Waals surface area contributed by atoms with E-state index in [-0.39, 0.29) is 5.97 Å². The number of rotatable bonds is 7. The summed E-state index contributed by atoms with van der Waals surface area (Å²) in [5, 5.41) is 0. The lowest BCUT2D eigenvalue weighted by Crippen LogP contribution is -2.41. The summed E-state index contributed by atoms with van der Waals surface area (Å²) < 4.78 is 11.3. The summed E-state index contributed by atoms with van der Waals surface area (Å²) in [6.45, 7) is 9.69. The number of likely N-dealkylation sites (tertiary alicyclic amines) is 1. The molecule has 0 bridgehead atoms. The first-order valence-corrected chi connectivity index (χ1v) is 10.7. The molecular formula is C22H35N3O3. The second kappa shape index (κ2) is 10.1. The van der Waals surface area contributed by atoms with Gasteiger partial charge in [-0.2, -0.15) is 0 Å². The van der Waals surface area contributed by atoms with E-state index in [0.29, 0.717) is 25.2 Å². The van der Waals surface area contributed by atoms with E-state index >= 15 is 0 Å². The highest BCUT2D eigenvalue weighted by molar-refractivity contribution is 5.71. The van der Waals surface area contributed by atoms with Crippen LogP contribution in [0.5, 0.6) is 0 Å². The second-order valence-electron chi connectivity index (χ2n) is 8.09. The van der Waals surface area contributed by atoms with Gasteiger partial charge in [-0.3, -0.25) is 9.69 Å². The van der Waals surface area contributed by atoms with Gasteiger partial charge in [0.1, 0.15) is 0 Å². The summed E-state index contributed by atoms with van der Waals surface area (Å²) in [6, 6.07) is 6.19. The summed E-state index contributed by atoms with van der Waals surface area (Å²) in [4.78, 5) is 16.2. The number of benzene rings is 1. The summed E-state index contributed by atoms with van der Waals surface area (Å²) in [5.74, 6) is 0.521. The Hall–Kier alpha value is -1.79. The number of piperidine rings is 2. The van der Waals surface area contributed by atoms with Crippen molar-refractivity contribution in [2.45, 2.75) is 45.6 Å². The molecule has 1 aromatic carbocycles. The number of anilines is 2. The molecule has 156 valence electrons. The molecule has 2 aliphatic rings. The van der Waals surface area contributed by atoms with E-state index in [0.717, 1.165) is 51.3 Å². The normalized spacial score (nSPS) is 19.7. The van der Waals surface area contributed by atoms with Crippen LogP contribution in [-0.2, 0) is 14.3 Å². The van der Waals surface area contributed by atoms with E-state index in [1.165, 1.54) is 24.1 Å². The third-order valence-corrected chi connectivity index (χ3v) is 5.94. The lowest BCUT2D eigenvalue weighted by Gasteiger charge is -2.36. The van der Waals surface area contributed by atoms with Crippen LogP contribution < -0.4 is 10.6 Å². The van der Waals surface area contributed by atoms with Gasteiger partial charge in [0.2, 0.25) is 0 Å². The Morgan fingerprint density at radius 3 is 2.50 bits per heavy atom. The fourth-order valence-electron chi connectivity index (χ4n) is 4.27. The molecule has 3 rings (SSSR count). The summed E-state index contributed by atoms with van der Waals surface area (Å²) >= 11 is 0. The number of hydrogen-bond donors (Lipinski definition) is 1. The van der Waals surface area contributed by atoms with Crippen molar-refractivity contribution in [2.24, 2.45) is 5.92 Å². The molecule has 6 heteroatoms. The molecule has 2 heterocycles. The van der Waals surface area contributed by atoms with Gasteiger partial charge in [-0.1, -0.05) is 0 Å². The molecule has 2 saturated heterocycles. The molecule has 28 heavy (non-hydrogen) atoms. The first-order chi connectivity index (χ1) is 13.5. The minimum absolute atomic E-state index is 0.120. The van der Waals surface area contributed by atoms with Crippen LogP contribution >= 0.6 is 0 Å². The van der Waals surface area contributed by atoms with Gasteiger partial charge in [0.25, 0.3) is 0 Å². The van der Waals surface area contributed by atoms with Crippen molar-refractivity contribution < 1.29 is 14.3 Å². The number of nitrogens with zero attached hydrogens (tertiary/aromatic N) is 2. The molecular weight excluding hydrogens is 354 g/mol. The Morgan fingerprint density at radius 1 is 1.14 bits per heavy atom. The maximum Gasteiger partial charge on any atom is 0.320 e. The minimum atomic E-state index is -0.120. The summed E-state index contributed by atoms with van der Waals surface area (Å²) in [5.41, 5.74) is 9.27. The van der Waals surface area contributed by atoms with Crippen LogP contribution in [0.2, 0.25) is 0 Å². The van der Waals surface area contributed by atoms with Crippen molar-refractivity contribution in [3.05, 3.63) is 23.8 Å². The van der Waals surface area contributed by atoms with Crippen molar-refractivity contribution in [2.75, 3.05) is 56.6 Å². The third-order valence-electron chi connectivity index (χ3n) is 5.94. The zero-order chi connectivity index (χ0) is 19.9. The molecule has 0 saturated carbocycles. The molecule has 0 aliphatic carbocycles. The van der Waals surface area contributed by atoms with Gasteiger partial charge >= 0.3 is 5.97 Å². The van der Waals surface area contributed by atoms with E-state index in [9.17, 15) is 4.79 Å². The van der Waals surface area contributed by atoms with Crippen LogP contribution in [0.25, 0.3) is 0 Å². The Kier molecular flexibility index (Phi) is 7.57. The molecule has 0 amide bonds. The molecule has 2 aliphatic heterocycles. The second-order valence-corrected chi connectivity index (χ2v) is 8.09. The molecule has 0 radical (unpaired) electrons. The highest BCUT2D eigenvalue weighted by atomic mass is 16.5. The van der Waals surface area contributed by atoms with E-state index in [1.807, 2.05) is 13.0 Å². The third kappa shape index (κ3) is 5.85. The Morgan fingerprint density at radius 2 is 1.86 bits per heavy atom. The lowest BCUT2D eigenvalue weighted by atomic mass is 9.96. The van der Waals surface area contributed by atoms with Crippen LogP contribution in [0, 0.1) is 12.8 Å². The smallest absolute Gasteiger partial charge is 0.320 e. The first kappa shape index (κ1) is 20.9. The number of nitrogen functional groups attached to an aromatic ring is 1. The topological polar surface area (TPSA) is 68.0 Å². The number of ether oxygens (including phenoxy) is 2. The monoisotopic (exact) mass is 389 g/mol. The number of aryl methyl sites for hydroxylation is 1. The van der Waals surface area contributed by atoms with Crippen molar-refractivity contribution in [1.29, 1.82) is 0 Å². The van der Waals surface area contributed by atoms with Gasteiger partial charge in [0, 0.05) is 44.2 Å². The maximum atomic E-state index is 11.6. The Balaban J connectivity index is 1.34. The maximum absolute atomic E-state index is 11.6. The van der Waals surface area contributed by atoms with Gasteiger partial charge in [0.05, 0.1) is 19.3 Å². The van der Waals surface area contributed by atoms with E-state index in [4.69, 9.17) is 15.2 Å². The number of esters is 1. The number of carbonyl (C=O) groups excluding carboxylic acids is 1. The zero-order valence-electron chi connectivity index (χ0n) is 17.4. The van der Waals surface area contributed by atoms with Crippen LogP contribution in [0.3, 0.4) is 0 Å². The molecule has 0 spiro atoms. The molecule has 0 unspecified atom stereocenters. The number of nitrogens with two attached hydrogens (primary N) is 1. The van der Waals surface area contributed by atoms with Gasteiger partial charge in [-0.15, -0.1) is 0 Å². The van der Waals surface area contributed by atoms with Crippen molar-refractivity contribution in [3.8, 4) is 0 Å². The first-order valence-electron chi connectivity index (χ1n) is 10.7. The molecule has 2 N–H and O–H groups in total. The van der Waals surface area contributed by atoms with Crippen molar-refractivity contribution in [1.82, 2.24) is 4.90 Å². The largest absolute Gasteiger partial charge is 0.465 e. The quantitative estimate of drug-likeness (QED) is 0.571. The fraction of sp³-hybridized carbons (Fsp3) is 0.682. The van der Waals surface area contributed by atoms with Crippen molar-refractivity contribution >= 4 is 17.3 Å². The Bertz CT molecular complexity index is 636. The molecule has 6 nitrogen and oxygen atoms in total. The van der Waals surface area contributed by atoms with Crippen LogP contribution in [0.15, 0.2) is 18.2 Å². The van der Waals surface area contributed by atoms with Gasteiger partial charge in [-0.05, 0) is 69.2 Å². The van der Waals surface area contributed by atoms with E-state index < -0.39 is 0 Å². The minimum Gasteiger partial charge on any atom is -0.465 e. The summed E-state index contributed by atoms with van der Waals surface area (Å²) in [6.07, 6.45) is 4.68. The van der Waals surface area contributed by atoms with Gasteiger partial charge < -0.3 is 20.1 Å². The van der Waals surface area contributed by atoms with Gasteiger partial charge in [0.15, 0.2) is 0 Å². The standard InChI is InChI=1S/C22H35N3O3/c1-3-27-22(26)15-24-10-8-20(9-11-24)28-16-18-6-12-25(13-7-18)21-5-4-19(23)14-17(21)2/h4-5,14,18,20H,3,6-13,15-16,23H2,1-2H3. The predicted octanol–water partition coefficient (Wildman–Crippen LogP) is 2.84. The van der Waals surface area contributed by atoms with Crippen molar-refractivity contribution in [3.63, 3.8) is 0 Å². The molecule has 2 fully saturated rings. The average molecular weight is 390 g/mol. The molecule has 0 atom stereocenters. The van der Waals surface area contributed by atoms with E-state index in [1.54, 1.807) is 0 Å².